The minimum absolute atomic E-state index is 0.0675. The Labute approximate surface area is 169 Å². The first-order valence-corrected chi connectivity index (χ1v) is 10.5. The quantitative estimate of drug-likeness (QED) is 0.652. The predicted octanol–water partition coefficient (Wildman–Crippen LogP) is 4.15. The molecule has 1 heterocycles. The van der Waals surface area contributed by atoms with Crippen molar-refractivity contribution in [1.29, 1.82) is 0 Å². The van der Waals surface area contributed by atoms with Crippen LogP contribution >= 0.6 is 0 Å². The van der Waals surface area contributed by atoms with Gasteiger partial charge in [-0.05, 0) is 56.6 Å². The van der Waals surface area contributed by atoms with Crippen molar-refractivity contribution in [2.75, 3.05) is 29.5 Å². The summed E-state index contributed by atoms with van der Waals surface area (Å²) >= 11 is 0. The lowest BCUT2D eigenvalue weighted by molar-refractivity contribution is -0.182. The first kappa shape index (κ1) is 20.2. The Morgan fingerprint density at radius 2 is 1.86 bits per heavy atom. The van der Waals surface area contributed by atoms with Crippen LogP contribution in [0.25, 0.3) is 0 Å². The fourth-order valence-corrected chi connectivity index (χ4v) is 5.24. The van der Waals surface area contributed by atoms with Crippen LogP contribution in [0.2, 0.25) is 0 Å². The summed E-state index contributed by atoms with van der Waals surface area (Å²) in [6.45, 7) is 0.939. The molecule has 5 nitrogen and oxygen atoms in total. The van der Waals surface area contributed by atoms with Gasteiger partial charge in [-0.3, -0.25) is 4.79 Å². The van der Waals surface area contributed by atoms with Gasteiger partial charge in [-0.15, -0.1) is 0 Å². The molecule has 3 aliphatic rings. The van der Waals surface area contributed by atoms with Crippen LogP contribution in [-0.2, 0) is 0 Å². The van der Waals surface area contributed by atoms with Crippen LogP contribution in [0.1, 0.15) is 55.3 Å². The fourth-order valence-electron chi connectivity index (χ4n) is 5.24. The van der Waals surface area contributed by atoms with E-state index in [-0.39, 0.29) is 24.8 Å². The van der Waals surface area contributed by atoms with Crippen molar-refractivity contribution in [3.05, 3.63) is 17.7 Å². The molecule has 1 aromatic carbocycles. The van der Waals surface area contributed by atoms with Gasteiger partial charge < -0.3 is 21.3 Å². The van der Waals surface area contributed by atoms with Crippen LogP contribution < -0.4 is 21.3 Å². The third-order valence-electron chi connectivity index (χ3n) is 6.97. The molecular formula is C21H29F3N4O. The standard InChI is InChI=1S/C21H29F3N4O/c1-26-17-10-19(28-11-12-3-2-4-18(12)28)15(9-16(17)25)20(29)27-14-7-5-13(6-8-14)21(22,23)24/h9-10,12-14,18,26H,2-8,11,25H2,1H3,(H,27,29)/t12?,13-,14-,18?. The molecule has 1 aromatic rings. The highest BCUT2D eigenvalue weighted by Gasteiger charge is 2.44. The van der Waals surface area contributed by atoms with Crippen LogP contribution in [0.4, 0.5) is 30.2 Å². The van der Waals surface area contributed by atoms with E-state index in [1.165, 1.54) is 12.8 Å². The average Bonchev–Trinajstić information content (AvgIpc) is 3.02. The van der Waals surface area contributed by atoms with E-state index in [2.05, 4.69) is 15.5 Å². The number of carbonyl (C=O) groups excluding carboxylic acids is 1. The van der Waals surface area contributed by atoms with Gasteiger partial charge >= 0.3 is 6.18 Å². The van der Waals surface area contributed by atoms with Gasteiger partial charge in [0.25, 0.3) is 5.91 Å². The number of carbonyl (C=O) groups is 1. The van der Waals surface area contributed by atoms with E-state index in [4.69, 9.17) is 5.73 Å². The summed E-state index contributed by atoms with van der Waals surface area (Å²) in [7, 11) is 1.79. The van der Waals surface area contributed by atoms with E-state index in [0.717, 1.165) is 24.3 Å². The van der Waals surface area contributed by atoms with E-state index in [1.54, 1.807) is 13.1 Å². The lowest BCUT2D eigenvalue weighted by Crippen LogP contribution is -2.54. The number of anilines is 3. The molecule has 4 N–H and O–H groups in total. The maximum Gasteiger partial charge on any atom is 0.391 e. The van der Waals surface area contributed by atoms with Gasteiger partial charge in [0.1, 0.15) is 0 Å². The Balaban J connectivity index is 1.50. The third kappa shape index (κ3) is 3.85. The zero-order valence-corrected chi connectivity index (χ0v) is 16.7. The molecule has 0 aromatic heterocycles. The molecule has 0 spiro atoms. The number of hydrogen-bond donors (Lipinski definition) is 3. The Bertz CT molecular complexity index is 774. The van der Waals surface area contributed by atoms with Gasteiger partial charge in [0.05, 0.1) is 28.5 Å². The molecular weight excluding hydrogens is 381 g/mol. The van der Waals surface area contributed by atoms with Crippen molar-refractivity contribution < 1.29 is 18.0 Å². The lowest BCUT2D eigenvalue weighted by Gasteiger charge is -2.47. The second-order valence-electron chi connectivity index (χ2n) is 8.68. The molecule has 4 rings (SSSR count). The highest BCUT2D eigenvalue weighted by molar-refractivity contribution is 6.02. The zero-order chi connectivity index (χ0) is 20.8. The summed E-state index contributed by atoms with van der Waals surface area (Å²) in [6, 6.07) is 3.87. The molecule has 2 aliphatic carbocycles. The van der Waals surface area contributed by atoms with Crippen LogP contribution in [-0.4, -0.2) is 37.8 Å². The molecule has 0 radical (unpaired) electrons. The lowest BCUT2D eigenvalue weighted by atomic mass is 9.85. The minimum atomic E-state index is -4.14. The molecule has 1 saturated heterocycles. The number of nitrogens with one attached hydrogen (secondary N) is 2. The molecule has 2 unspecified atom stereocenters. The summed E-state index contributed by atoms with van der Waals surface area (Å²) in [5, 5.41) is 6.04. The van der Waals surface area contributed by atoms with Gasteiger partial charge in [-0.25, -0.2) is 0 Å². The summed E-state index contributed by atoms with van der Waals surface area (Å²) in [5.74, 6) is -0.803. The molecule has 8 heteroatoms. The summed E-state index contributed by atoms with van der Waals surface area (Å²) < 4.78 is 38.7. The highest BCUT2D eigenvalue weighted by atomic mass is 19.4. The topological polar surface area (TPSA) is 70.4 Å². The van der Waals surface area contributed by atoms with Gasteiger partial charge in [0.2, 0.25) is 0 Å². The number of nitrogen functional groups attached to an aromatic ring is 1. The molecule has 1 amide bonds. The van der Waals surface area contributed by atoms with Crippen molar-refractivity contribution in [3.63, 3.8) is 0 Å². The SMILES string of the molecule is CNc1cc(N2CC3CCCC32)c(C(=O)N[C@H]2CC[C@H](C(F)(F)F)CC2)cc1N. The number of amides is 1. The Morgan fingerprint density at radius 1 is 1.14 bits per heavy atom. The summed E-state index contributed by atoms with van der Waals surface area (Å²) in [4.78, 5) is 15.3. The summed E-state index contributed by atoms with van der Waals surface area (Å²) in [6.07, 6.45) is 0.271. The van der Waals surface area contributed by atoms with Gasteiger partial charge in [-0.2, -0.15) is 13.2 Å². The highest BCUT2D eigenvalue weighted by Crippen LogP contribution is 2.44. The number of rotatable bonds is 4. The largest absolute Gasteiger partial charge is 0.397 e. The fraction of sp³-hybridized carbons (Fsp3) is 0.667. The Morgan fingerprint density at radius 3 is 2.48 bits per heavy atom. The Kier molecular flexibility index (Phi) is 5.29. The van der Waals surface area contributed by atoms with Crippen molar-refractivity contribution in [2.24, 2.45) is 11.8 Å². The van der Waals surface area contributed by atoms with Crippen molar-refractivity contribution >= 4 is 23.0 Å². The Hall–Kier alpha value is -2.12. The molecule has 1 aliphatic heterocycles. The van der Waals surface area contributed by atoms with Crippen molar-refractivity contribution in [1.82, 2.24) is 5.32 Å². The second-order valence-corrected chi connectivity index (χ2v) is 8.68. The summed E-state index contributed by atoms with van der Waals surface area (Å²) in [5.41, 5.74) is 8.78. The first-order chi connectivity index (χ1) is 13.8. The number of halogens is 3. The first-order valence-electron chi connectivity index (χ1n) is 10.5. The predicted molar refractivity (Wildman–Crippen MR) is 108 cm³/mol. The van der Waals surface area contributed by atoms with Gasteiger partial charge in [0, 0.05) is 25.7 Å². The number of benzene rings is 1. The normalized spacial score (nSPS) is 29.2. The molecule has 160 valence electrons. The third-order valence-corrected chi connectivity index (χ3v) is 6.97. The molecule has 29 heavy (non-hydrogen) atoms. The van der Waals surface area contributed by atoms with Crippen LogP contribution in [0.3, 0.4) is 0 Å². The van der Waals surface area contributed by atoms with Gasteiger partial charge in [-0.1, -0.05) is 6.42 Å². The molecule has 2 saturated carbocycles. The van der Waals surface area contributed by atoms with E-state index in [9.17, 15) is 18.0 Å². The smallest absolute Gasteiger partial charge is 0.391 e. The maximum absolute atomic E-state index is 13.1. The average molecular weight is 410 g/mol. The number of fused-ring (bicyclic) bond motifs is 1. The monoisotopic (exact) mass is 410 g/mol. The van der Waals surface area contributed by atoms with E-state index in [1.807, 2.05) is 6.07 Å². The van der Waals surface area contributed by atoms with Crippen molar-refractivity contribution in [3.8, 4) is 0 Å². The van der Waals surface area contributed by atoms with Crippen LogP contribution in [0.5, 0.6) is 0 Å². The van der Waals surface area contributed by atoms with E-state index < -0.39 is 12.1 Å². The second kappa shape index (κ2) is 7.61. The molecule has 3 fully saturated rings. The van der Waals surface area contributed by atoms with Crippen LogP contribution in [0, 0.1) is 11.8 Å². The van der Waals surface area contributed by atoms with Gasteiger partial charge in [0.15, 0.2) is 0 Å². The van der Waals surface area contributed by atoms with E-state index >= 15 is 0 Å². The van der Waals surface area contributed by atoms with E-state index in [0.29, 0.717) is 36.1 Å². The minimum Gasteiger partial charge on any atom is -0.397 e. The maximum atomic E-state index is 13.1. The molecule has 0 bridgehead atoms. The number of nitrogens with two attached hydrogens (primary N) is 1. The number of nitrogens with zero attached hydrogens (tertiary/aromatic N) is 1. The number of alkyl halides is 3. The number of hydrogen-bond acceptors (Lipinski definition) is 4. The zero-order valence-electron chi connectivity index (χ0n) is 16.7. The molecule has 2 atom stereocenters. The van der Waals surface area contributed by atoms with Crippen LogP contribution in [0.15, 0.2) is 12.1 Å². The van der Waals surface area contributed by atoms with Crippen molar-refractivity contribution in [2.45, 2.75) is 63.2 Å².